The van der Waals surface area contributed by atoms with Crippen molar-refractivity contribution in [2.75, 3.05) is 18.9 Å². The zero-order valence-corrected chi connectivity index (χ0v) is 19.4. The van der Waals surface area contributed by atoms with Crippen molar-refractivity contribution < 1.29 is 27.2 Å². The lowest BCUT2D eigenvalue weighted by molar-refractivity contribution is -0.139. The number of aromatic nitrogens is 4. The van der Waals surface area contributed by atoms with Gasteiger partial charge in [0.05, 0.1) is 24.3 Å². The first kappa shape index (κ1) is 23.8. The van der Waals surface area contributed by atoms with Crippen LogP contribution in [-0.2, 0) is 25.7 Å². The molecule has 0 bridgehead atoms. The van der Waals surface area contributed by atoms with Gasteiger partial charge in [0.15, 0.2) is 0 Å². The van der Waals surface area contributed by atoms with Gasteiger partial charge in [-0.05, 0) is 31.2 Å². The van der Waals surface area contributed by atoms with Gasteiger partial charge in [-0.2, -0.15) is 23.4 Å². The normalized spacial score (nSPS) is 20.1. The lowest BCUT2D eigenvalue weighted by atomic mass is 9.99. The minimum absolute atomic E-state index is 0.0535. The molecule has 1 aromatic carbocycles. The zero-order chi connectivity index (χ0) is 25.8. The molecule has 2 atom stereocenters. The molecule has 4 heterocycles. The number of hydrogen-bond acceptors (Lipinski definition) is 4. The van der Waals surface area contributed by atoms with Crippen LogP contribution in [0.3, 0.4) is 0 Å². The van der Waals surface area contributed by atoms with Gasteiger partial charge in [-0.25, -0.2) is 9.18 Å². The Morgan fingerprint density at radius 3 is 2.69 bits per heavy atom. The number of likely N-dealkylation sites (N-methyl/N-ethyl adjacent to an activating group) is 1. The van der Waals surface area contributed by atoms with Gasteiger partial charge in [0, 0.05) is 55.1 Å². The van der Waals surface area contributed by atoms with Crippen LogP contribution < -0.4 is 5.32 Å². The predicted molar refractivity (Wildman–Crippen MR) is 120 cm³/mol. The van der Waals surface area contributed by atoms with Crippen LogP contribution in [0.1, 0.15) is 45.8 Å². The standard InChI is InChI=1S/C23H23F4N7O2/c1-12-7-19-15(11-33(12)22(36)29-14-3-4-17(24)16(8-14)23(25,26)27)20-21(35)32(2)9-13(10-34(20)31-19)18-5-6-28-30-18/h3-6,8,12-13H,7,9-11H2,1-2H3,(H,28,30)(H,29,36)/t12-,13+/m1/s1. The summed E-state index contributed by atoms with van der Waals surface area (Å²) in [7, 11) is 1.70. The number of nitrogens with zero attached hydrogens (tertiary/aromatic N) is 5. The molecule has 0 saturated heterocycles. The summed E-state index contributed by atoms with van der Waals surface area (Å²) in [5.74, 6) is -1.70. The summed E-state index contributed by atoms with van der Waals surface area (Å²) in [4.78, 5) is 29.4. The van der Waals surface area contributed by atoms with Crippen LogP contribution in [0.2, 0.25) is 0 Å². The molecule has 0 saturated carbocycles. The number of nitrogens with one attached hydrogen (secondary N) is 2. The van der Waals surface area contributed by atoms with Gasteiger partial charge in [0.1, 0.15) is 11.5 Å². The van der Waals surface area contributed by atoms with E-state index in [2.05, 4.69) is 20.6 Å². The number of H-pyrrole nitrogens is 1. The molecular formula is C23H23F4N7O2. The number of hydrogen-bond donors (Lipinski definition) is 2. The fourth-order valence-corrected chi connectivity index (χ4v) is 4.81. The van der Waals surface area contributed by atoms with Crippen molar-refractivity contribution in [1.82, 2.24) is 29.8 Å². The maximum atomic E-state index is 13.6. The summed E-state index contributed by atoms with van der Waals surface area (Å²) >= 11 is 0. The molecule has 9 nitrogen and oxygen atoms in total. The van der Waals surface area contributed by atoms with E-state index in [1.165, 1.54) is 4.90 Å². The van der Waals surface area contributed by atoms with E-state index in [-0.39, 0.29) is 30.1 Å². The van der Waals surface area contributed by atoms with E-state index >= 15 is 0 Å². The van der Waals surface area contributed by atoms with Crippen LogP contribution in [0, 0.1) is 5.82 Å². The van der Waals surface area contributed by atoms with Crippen LogP contribution in [0.4, 0.5) is 28.0 Å². The number of halogens is 4. The number of carbonyl (C=O) groups is 2. The highest BCUT2D eigenvalue weighted by molar-refractivity contribution is 5.95. The van der Waals surface area contributed by atoms with Crippen molar-refractivity contribution in [2.24, 2.45) is 0 Å². The molecule has 0 radical (unpaired) electrons. The van der Waals surface area contributed by atoms with Gasteiger partial charge in [-0.15, -0.1) is 0 Å². The van der Waals surface area contributed by atoms with Gasteiger partial charge in [-0.1, -0.05) is 0 Å². The van der Waals surface area contributed by atoms with Gasteiger partial charge in [-0.3, -0.25) is 14.6 Å². The van der Waals surface area contributed by atoms with Crippen LogP contribution >= 0.6 is 0 Å². The summed E-state index contributed by atoms with van der Waals surface area (Å²) in [5.41, 5.74) is 0.939. The number of aromatic amines is 1. The van der Waals surface area contributed by atoms with Gasteiger partial charge in [0.2, 0.25) is 0 Å². The smallest absolute Gasteiger partial charge is 0.340 e. The first-order valence-electron chi connectivity index (χ1n) is 11.3. The van der Waals surface area contributed by atoms with Gasteiger partial charge < -0.3 is 15.1 Å². The second kappa shape index (κ2) is 8.64. The third kappa shape index (κ3) is 4.18. The highest BCUT2D eigenvalue weighted by atomic mass is 19.4. The van der Waals surface area contributed by atoms with Gasteiger partial charge in [0.25, 0.3) is 5.91 Å². The quantitative estimate of drug-likeness (QED) is 0.520. The van der Waals surface area contributed by atoms with Crippen molar-refractivity contribution in [2.45, 2.75) is 44.6 Å². The Labute approximate surface area is 203 Å². The van der Waals surface area contributed by atoms with E-state index < -0.39 is 23.6 Å². The Kier molecular flexibility index (Phi) is 5.72. The second-order valence-electron chi connectivity index (χ2n) is 9.15. The van der Waals surface area contributed by atoms with E-state index in [9.17, 15) is 27.2 Å². The van der Waals surface area contributed by atoms with Gasteiger partial charge >= 0.3 is 12.2 Å². The second-order valence-corrected chi connectivity index (χ2v) is 9.15. The SMILES string of the molecule is C[C@@H]1Cc2nn3c(c2CN1C(=O)Nc1ccc(F)c(C(F)(F)F)c1)C(=O)N(C)C[C@H](c1ccn[nH]1)C3. The first-order valence-corrected chi connectivity index (χ1v) is 11.3. The average Bonchev–Trinajstić information content (AvgIpc) is 3.43. The molecule has 2 N–H and O–H groups in total. The maximum absolute atomic E-state index is 13.6. The number of carbonyl (C=O) groups excluding carboxylic acids is 2. The molecule has 3 aromatic rings. The molecule has 3 amide bonds. The molecule has 2 aliphatic rings. The predicted octanol–water partition coefficient (Wildman–Crippen LogP) is 3.61. The number of benzene rings is 1. The van der Waals surface area contributed by atoms with Crippen molar-refractivity contribution in [1.29, 1.82) is 0 Å². The monoisotopic (exact) mass is 505 g/mol. The van der Waals surface area contributed by atoms with Crippen LogP contribution in [0.25, 0.3) is 0 Å². The van der Waals surface area contributed by atoms with Crippen LogP contribution in [0.5, 0.6) is 0 Å². The molecule has 190 valence electrons. The minimum Gasteiger partial charge on any atom is -0.340 e. The molecule has 2 aliphatic heterocycles. The topological polar surface area (TPSA) is 99.2 Å². The molecule has 5 rings (SSSR count). The molecule has 0 spiro atoms. The third-order valence-electron chi connectivity index (χ3n) is 6.67. The van der Waals surface area contributed by atoms with Crippen LogP contribution in [0.15, 0.2) is 30.5 Å². The average molecular weight is 505 g/mol. The molecule has 0 fully saturated rings. The van der Waals surface area contributed by atoms with E-state index in [1.807, 2.05) is 6.07 Å². The van der Waals surface area contributed by atoms with Crippen molar-refractivity contribution in [3.63, 3.8) is 0 Å². The Bertz CT molecular complexity index is 1320. The number of amides is 3. The third-order valence-corrected chi connectivity index (χ3v) is 6.67. The molecule has 0 unspecified atom stereocenters. The Balaban J connectivity index is 1.42. The summed E-state index contributed by atoms with van der Waals surface area (Å²) in [5, 5.41) is 14.1. The summed E-state index contributed by atoms with van der Waals surface area (Å²) < 4.78 is 54.5. The zero-order valence-electron chi connectivity index (χ0n) is 19.4. The number of fused-ring (bicyclic) bond motifs is 3. The Morgan fingerprint density at radius 2 is 2.00 bits per heavy atom. The number of alkyl halides is 3. The minimum atomic E-state index is -4.89. The fourth-order valence-electron chi connectivity index (χ4n) is 4.81. The summed E-state index contributed by atoms with van der Waals surface area (Å²) in [6.45, 7) is 2.74. The highest BCUT2D eigenvalue weighted by Crippen LogP contribution is 2.34. The lowest BCUT2D eigenvalue weighted by Gasteiger charge is -2.33. The number of anilines is 1. The maximum Gasteiger partial charge on any atom is 0.419 e. The molecule has 0 aliphatic carbocycles. The van der Waals surface area contributed by atoms with E-state index in [4.69, 9.17) is 0 Å². The van der Waals surface area contributed by atoms with E-state index in [1.54, 1.807) is 29.7 Å². The molecule has 36 heavy (non-hydrogen) atoms. The molecular weight excluding hydrogens is 482 g/mol. The molecule has 13 heteroatoms. The van der Waals surface area contributed by atoms with E-state index in [0.717, 1.165) is 11.8 Å². The van der Waals surface area contributed by atoms with Crippen molar-refractivity contribution in [3.05, 3.63) is 64.5 Å². The first-order chi connectivity index (χ1) is 17.0. The van der Waals surface area contributed by atoms with Crippen molar-refractivity contribution >= 4 is 17.6 Å². The number of rotatable bonds is 2. The summed E-state index contributed by atoms with van der Waals surface area (Å²) in [6.07, 6.45) is -2.88. The lowest BCUT2D eigenvalue weighted by Crippen LogP contribution is -2.45. The number of urea groups is 1. The summed E-state index contributed by atoms with van der Waals surface area (Å²) in [6, 6.07) is 3.16. The molecule has 2 aromatic heterocycles. The Hall–Kier alpha value is -3.90. The fraction of sp³-hybridized carbons (Fsp3) is 0.391. The van der Waals surface area contributed by atoms with Crippen molar-refractivity contribution in [3.8, 4) is 0 Å². The van der Waals surface area contributed by atoms with E-state index in [0.29, 0.717) is 48.6 Å². The Morgan fingerprint density at radius 1 is 1.22 bits per heavy atom. The highest BCUT2D eigenvalue weighted by Gasteiger charge is 2.38. The van der Waals surface area contributed by atoms with Crippen LogP contribution in [-0.4, -0.2) is 61.4 Å². The largest absolute Gasteiger partial charge is 0.419 e.